The zero-order chi connectivity index (χ0) is 29.2. The van der Waals surface area contributed by atoms with Gasteiger partial charge in [-0.15, -0.1) is 0 Å². The highest BCUT2D eigenvalue weighted by Crippen LogP contribution is 2.42. The Labute approximate surface area is 257 Å². The van der Waals surface area contributed by atoms with Crippen LogP contribution >= 0.6 is 55.1 Å². The number of ether oxygens (including phenoxy) is 2. The zero-order valence-corrected chi connectivity index (χ0v) is 26.6. The number of nitrogens with zero attached hydrogens (tertiary/aromatic N) is 3. The summed E-state index contributed by atoms with van der Waals surface area (Å²) in [6.45, 7) is 5.55. The van der Waals surface area contributed by atoms with E-state index < -0.39 is 11.3 Å². The van der Waals surface area contributed by atoms with Crippen molar-refractivity contribution >= 4 is 83.8 Å². The number of rotatable bonds is 7. The van der Waals surface area contributed by atoms with Crippen LogP contribution in [0.3, 0.4) is 0 Å². The SMILES string of the molecule is COc1cc(C=Nn2c(C(C)(C)C)nc3ccc(Br)cc3c2=O)c(Br)c(Cl)c1OCC(=O)Nc1ccc(Cl)cc1. The lowest BCUT2D eigenvalue weighted by molar-refractivity contribution is -0.118. The van der Waals surface area contributed by atoms with Crippen LogP contribution in [0.4, 0.5) is 5.69 Å². The topological polar surface area (TPSA) is 94.8 Å². The minimum Gasteiger partial charge on any atom is -0.493 e. The third-order valence-corrected chi connectivity index (χ3v) is 7.83. The predicted molar refractivity (Wildman–Crippen MR) is 167 cm³/mol. The predicted octanol–water partition coefficient (Wildman–Crippen LogP) is 7.43. The van der Waals surface area contributed by atoms with Crippen LogP contribution in [-0.2, 0) is 10.2 Å². The molecule has 0 radical (unpaired) electrons. The number of aromatic nitrogens is 2. The summed E-state index contributed by atoms with van der Waals surface area (Å²) >= 11 is 19.4. The molecule has 8 nitrogen and oxygen atoms in total. The van der Waals surface area contributed by atoms with E-state index in [2.05, 4.69) is 42.3 Å². The number of hydrogen-bond acceptors (Lipinski definition) is 6. The number of hydrogen-bond donors (Lipinski definition) is 1. The number of nitrogens with one attached hydrogen (secondary N) is 1. The largest absolute Gasteiger partial charge is 0.493 e. The van der Waals surface area contributed by atoms with Gasteiger partial charge in [-0.05, 0) is 64.5 Å². The van der Waals surface area contributed by atoms with E-state index in [1.807, 2.05) is 26.8 Å². The van der Waals surface area contributed by atoms with Crippen molar-refractivity contribution in [3.05, 3.63) is 89.3 Å². The Hall–Kier alpha value is -2.92. The fourth-order valence-electron chi connectivity index (χ4n) is 3.71. The maximum atomic E-state index is 13.5. The van der Waals surface area contributed by atoms with Crippen molar-refractivity contribution in [3.63, 3.8) is 0 Å². The molecular weight excluding hydrogens is 687 g/mol. The van der Waals surface area contributed by atoms with Crippen molar-refractivity contribution in [1.29, 1.82) is 0 Å². The number of halogens is 4. The molecule has 1 aromatic heterocycles. The monoisotopic (exact) mass is 708 g/mol. The van der Waals surface area contributed by atoms with E-state index in [1.54, 1.807) is 42.5 Å². The Morgan fingerprint density at radius 2 is 1.82 bits per heavy atom. The number of benzene rings is 3. The number of fused-ring (bicyclic) bond motifs is 1. The summed E-state index contributed by atoms with van der Waals surface area (Å²) in [5.74, 6) is 0.540. The molecule has 0 saturated carbocycles. The fourth-order valence-corrected chi connectivity index (χ4v) is 4.85. The first-order valence-electron chi connectivity index (χ1n) is 11.9. The van der Waals surface area contributed by atoms with Gasteiger partial charge < -0.3 is 14.8 Å². The Kier molecular flexibility index (Phi) is 9.24. The summed E-state index contributed by atoms with van der Waals surface area (Å²) in [6.07, 6.45) is 1.48. The molecular formula is C28H24Br2Cl2N4O4. The molecule has 40 heavy (non-hydrogen) atoms. The van der Waals surface area contributed by atoms with E-state index in [4.69, 9.17) is 37.7 Å². The average molecular weight is 711 g/mol. The van der Waals surface area contributed by atoms with Gasteiger partial charge >= 0.3 is 0 Å². The first kappa shape index (κ1) is 30.0. The van der Waals surface area contributed by atoms with Crippen molar-refractivity contribution in [3.8, 4) is 11.5 Å². The molecule has 0 saturated heterocycles. The molecule has 4 rings (SSSR count). The molecule has 0 unspecified atom stereocenters. The quantitative estimate of drug-likeness (QED) is 0.201. The molecule has 1 N–H and O–H groups in total. The third kappa shape index (κ3) is 6.68. The van der Waals surface area contributed by atoms with Crippen LogP contribution in [0.15, 0.2) is 67.4 Å². The molecule has 0 spiro atoms. The molecule has 0 aliphatic carbocycles. The standard InChI is InChI=1S/C28H24Br2Cl2N4O4/c1-28(2,3)27-35-20-10-5-16(29)12-19(20)26(38)36(27)33-13-15-11-21(39-4)25(24(32)23(15)30)40-14-22(37)34-18-8-6-17(31)7-9-18/h5-13H,14H2,1-4H3,(H,34,37). The van der Waals surface area contributed by atoms with Crippen molar-refractivity contribution < 1.29 is 14.3 Å². The second kappa shape index (κ2) is 12.3. The van der Waals surface area contributed by atoms with E-state index in [9.17, 15) is 9.59 Å². The van der Waals surface area contributed by atoms with Gasteiger partial charge in [0.1, 0.15) is 10.8 Å². The van der Waals surface area contributed by atoms with Crippen LogP contribution in [0.1, 0.15) is 32.2 Å². The highest BCUT2D eigenvalue weighted by atomic mass is 79.9. The van der Waals surface area contributed by atoms with Gasteiger partial charge in [-0.3, -0.25) is 9.59 Å². The molecule has 0 aliphatic rings. The van der Waals surface area contributed by atoms with Crippen molar-refractivity contribution in [2.24, 2.45) is 5.10 Å². The molecule has 0 aliphatic heterocycles. The average Bonchev–Trinajstić information content (AvgIpc) is 2.90. The minimum absolute atomic E-state index is 0.170. The maximum Gasteiger partial charge on any atom is 0.282 e. The summed E-state index contributed by atoms with van der Waals surface area (Å²) in [6, 6.07) is 13.7. The summed E-state index contributed by atoms with van der Waals surface area (Å²) in [5, 5.41) is 8.37. The van der Waals surface area contributed by atoms with Gasteiger partial charge in [-0.2, -0.15) is 9.78 Å². The van der Waals surface area contributed by atoms with Crippen LogP contribution < -0.4 is 20.3 Å². The molecule has 0 bridgehead atoms. The number of anilines is 1. The Balaban J connectivity index is 1.66. The lowest BCUT2D eigenvalue weighted by Gasteiger charge is -2.21. The molecule has 12 heteroatoms. The minimum atomic E-state index is -0.478. The van der Waals surface area contributed by atoms with Gasteiger partial charge in [0.05, 0.1) is 24.2 Å². The number of methoxy groups -OCH3 is 1. The van der Waals surface area contributed by atoms with E-state index in [1.165, 1.54) is 18.0 Å². The first-order valence-corrected chi connectivity index (χ1v) is 14.2. The molecule has 3 aromatic carbocycles. The van der Waals surface area contributed by atoms with Crippen LogP contribution in [0.25, 0.3) is 10.9 Å². The molecule has 1 heterocycles. The van der Waals surface area contributed by atoms with Crippen molar-refractivity contribution in [2.45, 2.75) is 26.2 Å². The summed E-state index contributed by atoms with van der Waals surface area (Å²) < 4.78 is 13.7. The van der Waals surface area contributed by atoms with E-state index in [0.29, 0.717) is 37.5 Å². The van der Waals surface area contributed by atoms with Crippen LogP contribution in [0.5, 0.6) is 11.5 Å². The zero-order valence-electron chi connectivity index (χ0n) is 21.9. The smallest absolute Gasteiger partial charge is 0.282 e. The van der Waals surface area contributed by atoms with E-state index in [0.717, 1.165) is 4.47 Å². The number of carbonyl (C=O) groups is 1. The summed E-state index contributed by atoms with van der Waals surface area (Å²) in [7, 11) is 1.45. The highest BCUT2D eigenvalue weighted by molar-refractivity contribution is 9.10. The van der Waals surface area contributed by atoms with Gasteiger partial charge in [0.15, 0.2) is 18.1 Å². The lowest BCUT2D eigenvalue weighted by atomic mass is 9.95. The fraction of sp³-hybridized carbons (Fsp3) is 0.214. The third-order valence-electron chi connectivity index (χ3n) is 5.64. The molecule has 0 atom stereocenters. The van der Waals surface area contributed by atoms with Crippen LogP contribution in [0, 0.1) is 0 Å². The van der Waals surface area contributed by atoms with Crippen molar-refractivity contribution in [2.75, 3.05) is 19.0 Å². The second-order valence-electron chi connectivity index (χ2n) is 9.68. The Bertz CT molecular complexity index is 1680. The second-order valence-corrected chi connectivity index (χ2v) is 12.2. The van der Waals surface area contributed by atoms with Gasteiger partial charge in [0, 0.05) is 30.6 Å². The lowest BCUT2D eigenvalue weighted by Crippen LogP contribution is -2.29. The number of amides is 1. The molecule has 0 fully saturated rings. The first-order chi connectivity index (χ1) is 18.9. The maximum absolute atomic E-state index is 13.5. The molecule has 4 aromatic rings. The van der Waals surface area contributed by atoms with Crippen LogP contribution in [-0.4, -0.2) is 35.5 Å². The van der Waals surface area contributed by atoms with Gasteiger partial charge in [-0.25, -0.2) is 4.98 Å². The molecule has 1 amide bonds. The van der Waals surface area contributed by atoms with Gasteiger partial charge in [0.25, 0.3) is 11.5 Å². The van der Waals surface area contributed by atoms with Crippen molar-refractivity contribution in [1.82, 2.24) is 9.66 Å². The Morgan fingerprint density at radius 1 is 1.12 bits per heavy atom. The normalized spacial score (nSPS) is 11.7. The van der Waals surface area contributed by atoms with E-state index >= 15 is 0 Å². The van der Waals surface area contributed by atoms with Crippen LogP contribution in [0.2, 0.25) is 10.0 Å². The highest BCUT2D eigenvalue weighted by Gasteiger charge is 2.23. The van der Waals surface area contributed by atoms with E-state index in [-0.39, 0.29) is 28.7 Å². The molecule has 208 valence electrons. The summed E-state index contributed by atoms with van der Waals surface area (Å²) in [4.78, 5) is 30.6. The number of carbonyl (C=O) groups excluding carboxylic acids is 1. The van der Waals surface area contributed by atoms with Gasteiger partial charge in [-0.1, -0.05) is 59.9 Å². The summed E-state index contributed by atoms with van der Waals surface area (Å²) in [5.41, 5.74) is 0.879. The Morgan fingerprint density at radius 3 is 2.48 bits per heavy atom. The van der Waals surface area contributed by atoms with Gasteiger partial charge in [0.2, 0.25) is 0 Å².